The summed E-state index contributed by atoms with van der Waals surface area (Å²) >= 11 is 7.48. The Morgan fingerprint density at radius 2 is 2.05 bits per heavy atom. The molecule has 1 heterocycles. The molecular weight excluding hydrogens is 280 g/mol. The van der Waals surface area contributed by atoms with Gasteiger partial charge in [-0.05, 0) is 36.8 Å². The van der Waals surface area contributed by atoms with E-state index in [1.807, 2.05) is 12.1 Å². The Kier molecular flexibility index (Phi) is 4.87. The Labute approximate surface area is 123 Å². The first-order chi connectivity index (χ1) is 9.01. The van der Waals surface area contributed by atoms with Gasteiger partial charge in [-0.2, -0.15) is 0 Å². The summed E-state index contributed by atoms with van der Waals surface area (Å²) in [6.07, 6.45) is 7.00. The van der Waals surface area contributed by atoms with E-state index in [0.29, 0.717) is 6.42 Å². The summed E-state index contributed by atoms with van der Waals surface area (Å²) in [4.78, 5) is 12.5. The molecule has 4 N–H and O–H groups in total. The van der Waals surface area contributed by atoms with Gasteiger partial charge >= 0.3 is 0 Å². The molecule has 1 aliphatic rings. The zero-order valence-corrected chi connectivity index (χ0v) is 12.6. The smallest absolute Gasteiger partial charge is 0.217 e. The second-order valence-corrected chi connectivity index (χ2v) is 7.40. The van der Waals surface area contributed by atoms with E-state index >= 15 is 0 Å². The second-order valence-electron chi connectivity index (χ2n) is 5.66. The van der Waals surface area contributed by atoms with Crippen molar-refractivity contribution in [3.05, 3.63) is 21.3 Å². The number of nitrogens with two attached hydrogens (primary N) is 2. The van der Waals surface area contributed by atoms with Gasteiger partial charge in [-0.15, -0.1) is 11.3 Å². The van der Waals surface area contributed by atoms with Crippen molar-refractivity contribution >= 4 is 28.8 Å². The quantitative estimate of drug-likeness (QED) is 0.872. The van der Waals surface area contributed by atoms with Gasteiger partial charge in [0.25, 0.3) is 0 Å². The van der Waals surface area contributed by atoms with Crippen LogP contribution in [0.25, 0.3) is 0 Å². The van der Waals surface area contributed by atoms with E-state index in [1.165, 1.54) is 30.6 Å². The van der Waals surface area contributed by atoms with Crippen LogP contribution in [-0.4, -0.2) is 5.91 Å². The third kappa shape index (κ3) is 3.94. The van der Waals surface area contributed by atoms with Crippen LogP contribution in [0, 0.1) is 5.41 Å². The maximum Gasteiger partial charge on any atom is 0.217 e. The minimum atomic E-state index is -0.210. The van der Waals surface area contributed by atoms with Crippen molar-refractivity contribution in [1.82, 2.24) is 0 Å². The minimum Gasteiger partial charge on any atom is -0.370 e. The Morgan fingerprint density at radius 1 is 1.37 bits per heavy atom. The molecule has 0 bridgehead atoms. The van der Waals surface area contributed by atoms with Gasteiger partial charge in [0.2, 0.25) is 5.91 Å². The van der Waals surface area contributed by atoms with Gasteiger partial charge in [0, 0.05) is 17.3 Å². The van der Waals surface area contributed by atoms with E-state index in [-0.39, 0.29) is 17.4 Å². The van der Waals surface area contributed by atoms with Gasteiger partial charge in [-0.25, -0.2) is 0 Å². The predicted molar refractivity (Wildman–Crippen MR) is 80.2 cm³/mol. The van der Waals surface area contributed by atoms with Crippen LogP contribution in [0.15, 0.2) is 12.1 Å². The standard InChI is InChI=1S/C14H21ClN2OS/c15-12-5-4-11(19-12)10(16)8-14(9-13(17)18)6-2-1-3-7-14/h4-5,10H,1-3,6-9,16H2,(H2,17,18). The van der Waals surface area contributed by atoms with Crippen LogP contribution in [-0.2, 0) is 4.79 Å². The number of thiophene rings is 1. The third-order valence-corrected chi connectivity index (χ3v) is 5.44. The maximum atomic E-state index is 11.4. The summed E-state index contributed by atoms with van der Waals surface area (Å²) in [7, 11) is 0. The molecule has 1 amide bonds. The fourth-order valence-electron chi connectivity index (χ4n) is 3.22. The third-order valence-electron chi connectivity index (χ3n) is 4.08. The Hall–Kier alpha value is -0.580. The molecule has 0 radical (unpaired) electrons. The summed E-state index contributed by atoms with van der Waals surface area (Å²) in [6, 6.07) is 3.82. The van der Waals surface area contributed by atoms with Crippen LogP contribution < -0.4 is 11.5 Å². The number of halogens is 1. The molecular formula is C14H21ClN2OS. The molecule has 3 nitrogen and oxygen atoms in total. The Morgan fingerprint density at radius 3 is 2.58 bits per heavy atom. The lowest BCUT2D eigenvalue weighted by atomic mass is 9.68. The Balaban J connectivity index is 2.08. The van der Waals surface area contributed by atoms with Crippen LogP contribution in [0.4, 0.5) is 0 Å². The molecule has 1 aromatic rings. The average molecular weight is 301 g/mol. The average Bonchev–Trinajstić information content (AvgIpc) is 2.76. The molecule has 0 saturated heterocycles. The minimum absolute atomic E-state index is 0.0000335. The van der Waals surface area contributed by atoms with E-state index in [0.717, 1.165) is 28.5 Å². The first kappa shape index (κ1) is 14.8. The summed E-state index contributed by atoms with van der Waals surface area (Å²) in [5, 5.41) is 0. The van der Waals surface area contributed by atoms with Gasteiger partial charge in [-0.1, -0.05) is 30.9 Å². The van der Waals surface area contributed by atoms with Crippen LogP contribution in [0.5, 0.6) is 0 Å². The fourth-order valence-corrected chi connectivity index (χ4v) is 4.28. The van der Waals surface area contributed by atoms with Crippen LogP contribution in [0.2, 0.25) is 4.34 Å². The number of primary amides is 1. The van der Waals surface area contributed by atoms with E-state index in [4.69, 9.17) is 23.1 Å². The summed E-state index contributed by atoms with van der Waals surface area (Å²) in [6.45, 7) is 0. The molecule has 5 heteroatoms. The van der Waals surface area contributed by atoms with Crippen LogP contribution in [0.1, 0.15) is 55.9 Å². The highest BCUT2D eigenvalue weighted by molar-refractivity contribution is 7.16. The highest BCUT2D eigenvalue weighted by Crippen LogP contribution is 2.45. The number of amides is 1. The number of hydrogen-bond acceptors (Lipinski definition) is 3. The van der Waals surface area contributed by atoms with Gasteiger partial charge in [0.15, 0.2) is 0 Å². The highest BCUT2D eigenvalue weighted by atomic mass is 35.5. The molecule has 1 fully saturated rings. The molecule has 1 aromatic heterocycles. The number of carbonyl (C=O) groups is 1. The van der Waals surface area contributed by atoms with Crippen LogP contribution >= 0.6 is 22.9 Å². The van der Waals surface area contributed by atoms with E-state index in [1.54, 1.807) is 0 Å². The predicted octanol–water partition coefficient (Wildman–Crippen LogP) is 3.62. The lowest BCUT2D eigenvalue weighted by Gasteiger charge is -2.38. The lowest BCUT2D eigenvalue weighted by Crippen LogP contribution is -2.33. The van der Waals surface area contributed by atoms with E-state index in [9.17, 15) is 4.79 Å². The normalized spacial score (nSPS) is 20.1. The monoisotopic (exact) mass is 300 g/mol. The first-order valence-electron chi connectivity index (χ1n) is 6.80. The Bertz CT molecular complexity index is 440. The van der Waals surface area contributed by atoms with Crippen molar-refractivity contribution in [3.63, 3.8) is 0 Å². The molecule has 0 aromatic carbocycles. The van der Waals surface area contributed by atoms with Crippen molar-refractivity contribution in [2.45, 2.75) is 51.0 Å². The first-order valence-corrected chi connectivity index (χ1v) is 7.99. The van der Waals surface area contributed by atoms with Crippen molar-refractivity contribution < 1.29 is 4.79 Å². The summed E-state index contributed by atoms with van der Waals surface area (Å²) in [5.74, 6) is -0.210. The van der Waals surface area contributed by atoms with E-state index in [2.05, 4.69) is 0 Å². The molecule has 106 valence electrons. The van der Waals surface area contributed by atoms with Crippen molar-refractivity contribution in [2.24, 2.45) is 16.9 Å². The zero-order valence-electron chi connectivity index (χ0n) is 11.0. The van der Waals surface area contributed by atoms with Gasteiger partial charge in [0.1, 0.15) is 0 Å². The topological polar surface area (TPSA) is 69.1 Å². The summed E-state index contributed by atoms with van der Waals surface area (Å²) < 4.78 is 0.762. The molecule has 0 spiro atoms. The van der Waals surface area contributed by atoms with Crippen LogP contribution in [0.3, 0.4) is 0 Å². The molecule has 1 saturated carbocycles. The zero-order chi connectivity index (χ0) is 13.9. The van der Waals surface area contributed by atoms with Crippen molar-refractivity contribution in [3.8, 4) is 0 Å². The highest BCUT2D eigenvalue weighted by Gasteiger charge is 2.35. The number of rotatable bonds is 5. The summed E-state index contributed by atoms with van der Waals surface area (Å²) in [5.41, 5.74) is 11.7. The maximum absolute atomic E-state index is 11.4. The number of carbonyl (C=O) groups excluding carboxylic acids is 1. The largest absolute Gasteiger partial charge is 0.370 e. The lowest BCUT2D eigenvalue weighted by molar-refractivity contribution is -0.121. The fraction of sp³-hybridized carbons (Fsp3) is 0.643. The molecule has 1 unspecified atom stereocenters. The van der Waals surface area contributed by atoms with Gasteiger partial charge in [0.05, 0.1) is 4.34 Å². The van der Waals surface area contributed by atoms with E-state index < -0.39 is 0 Å². The van der Waals surface area contributed by atoms with Gasteiger partial charge in [-0.3, -0.25) is 4.79 Å². The molecule has 0 aliphatic heterocycles. The van der Waals surface area contributed by atoms with Gasteiger partial charge < -0.3 is 11.5 Å². The SMILES string of the molecule is NC(=O)CC1(CC(N)c2ccc(Cl)s2)CCCCC1. The molecule has 1 aliphatic carbocycles. The molecule has 19 heavy (non-hydrogen) atoms. The van der Waals surface area contributed by atoms with Crippen molar-refractivity contribution in [1.29, 1.82) is 0 Å². The number of hydrogen-bond donors (Lipinski definition) is 2. The second kappa shape index (κ2) is 6.25. The molecule has 2 rings (SSSR count). The molecule has 1 atom stereocenters. The van der Waals surface area contributed by atoms with Crippen molar-refractivity contribution in [2.75, 3.05) is 0 Å².